The van der Waals surface area contributed by atoms with Crippen LogP contribution in [0.25, 0.3) is 0 Å². The molecule has 0 spiro atoms. The normalized spacial score (nSPS) is 28.2. The van der Waals surface area contributed by atoms with Crippen LogP contribution in [0.2, 0.25) is 0 Å². The molecule has 2 heteroatoms. The van der Waals surface area contributed by atoms with Crippen LogP contribution in [0.15, 0.2) is 18.2 Å². The van der Waals surface area contributed by atoms with Crippen molar-refractivity contribution in [2.45, 2.75) is 45.2 Å². The van der Waals surface area contributed by atoms with Crippen molar-refractivity contribution in [3.05, 3.63) is 29.3 Å². The predicted octanol–water partition coefficient (Wildman–Crippen LogP) is 2.63. The van der Waals surface area contributed by atoms with Crippen molar-refractivity contribution in [3.63, 3.8) is 0 Å². The lowest BCUT2D eigenvalue weighted by Crippen LogP contribution is -2.55. The Morgan fingerprint density at radius 2 is 2.12 bits per heavy atom. The number of nitrogens with zero attached hydrogens (tertiary/aromatic N) is 1. The van der Waals surface area contributed by atoms with Gasteiger partial charge >= 0.3 is 0 Å². The minimum absolute atomic E-state index is 0.726. The van der Waals surface area contributed by atoms with Crippen molar-refractivity contribution in [2.24, 2.45) is 0 Å². The molecular formula is C15H22N2. The molecule has 2 nitrogen and oxygen atoms in total. The fraction of sp³-hybridized carbons (Fsp3) is 0.600. The van der Waals surface area contributed by atoms with Crippen LogP contribution in [-0.2, 0) is 0 Å². The van der Waals surface area contributed by atoms with E-state index >= 15 is 0 Å². The Labute approximate surface area is 104 Å². The summed E-state index contributed by atoms with van der Waals surface area (Å²) in [5, 5.41) is 3.67. The zero-order valence-corrected chi connectivity index (χ0v) is 10.9. The van der Waals surface area contributed by atoms with Crippen molar-refractivity contribution in [2.75, 3.05) is 18.0 Å². The van der Waals surface area contributed by atoms with E-state index in [4.69, 9.17) is 0 Å². The molecule has 0 bridgehead atoms. The average molecular weight is 230 g/mol. The first-order valence-corrected chi connectivity index (χ1v) is 6.83. The van der Waals surface area contributed by atoms with Crippen molar-refractivity contribution < 1.29 is 0 Å². The van der Waals surface area contributed by atoms with E-state index in [0.717, 1.165) is 25.2 Å². The Morgan fingerprint density at radius 3 is 3.00 bits per heavy atom. The standard InChI is InChI=1S/C15H22N2/c1-11-5-3-7-14(12(11)2)17-10-9-16-13-6-4-8-15(13)17/h3,5,7,13,15-16H,4,6,8-10H2,1-2H3/t13-,15+/m0/s1. The number of benzene rings is 1. The quantitative estimate of drug-likeness (QED) is 0.798. The van der Waals surface area contributed by atoms with E-state index in [2.05, 4.69) is 42.3 Å². The van der Waals surface area contributed by atoms with Gasteiger partial charge in [-0.15, -0.1) is 0 Å². The molecule has 1 saturated heterocycles. The summed E-state index contributed by atoms with van der Waals surface area (Å²) < 4.78 is 0. The number of aryl methyl sites for hydroxylation is 1. The molecule has 2 aliphatic rings. The van der Waals surface area contributed by atoms with E-state index in [0.29, 0.717) is 0 Å². The van der Waals surface area contributed by atoms with Gasteiger partial charge in [0.1, 0.15) is 0 Å². The molecule has 92 valence electrons. The number of piperazine rings is 1. The van der Waals surface area contributed by atoms with Gasteiger partial charge in [0.2, 0.25) is 0 Å². The fourth-order valence-electron chi connectivity index (χ4n) is 3.43. The largest absolute Gasteiger partial charge is 0.365 e. The van der Waals surface area contributed by atoms with Crippen LogP contribution in [0, 0.1) is 13.8 Å². The van der Waals surface area contributed by atoms with Crippen LogP contribution < -0.4 is 10.2 Å². The highest BCUT2D eigenvalue weighted by molar-refractivity contribution is 5.57. The minimum Gasteiger partial charge on any atom is -0.365 e. The molecule has 3 rings (SSSR count). The smallest absolute Gasteiger partial charge is 0.0443 e. The minimum atomic E-state index is 0.726. The van der Waals surface area contributed by atoms with E-state index in [9.17, 15) is 0 Å². The lowest BCUT2D eigenvalue weighted by molar-refractivity contribution is 0.403. The molecule has 1 heterocycles. The van der Waals surface area contributed by atoms with E-state index in [-0.39, 0.29) is 0 Å². The third-order valence-corrected chi connectivity index (χ3v) is 4.52. The molecule has 0 aromatic heterocycles. The van der Waals surface area contributed by atoms with Gasteiger partial charge in [0, 0.05) is 30.9 Å². The zero-order valence-electron chi connectivity index (χ0n) is 10.9. The SMILES string of the molecule is Cc1cccc(N2CCN[C@H]3CCC[C@H]32)c1C. The molecule has 1 aromatic carbocycles. The summed E-state index contributed by atoms with van der Waals surface area (Å²) in [6.45, 7) is 6.77. The van der Waals surface area contributed by atoms with Gasteiger partial charge < -0.3 is 10.2 Å². The Morgan fingerprint density at radius 1 is 1.24 bits per heavy atom. The van der Waals surface area contributed by atoms with Crippen LogP contribution >= 0.6 is 0 Å². The highest BCUT2D eigenvalue weighted by atomic mass is 15.2. The highest BCUT2D eigenvalue weighted by Crippen LogP contribution is 2.33. The van der Waals surface area contributed by atoms with Crippen molar-refractivity contribution in [3.8, 4) is 0 Å². The molecule has 2 fully saturated rings. The van der Waals surface area contributed by atoms with Crippen LogP contribution in [-0.4, -0.2) is 25.2 Å². The Hall–Kier alpha value is -1.02. The molecule has 1 aliphatic carbocycles. The van der Waals surface area contributed by atoms with Gasteiger partial charge in [0.25, 0.3) is 0 Å². The van der Waals surface area contributed by atoms with Gasteiger partial charge in [-0.05, 0) is 50.3 Å². The second kappa shape index (κ2) is 4.34. The van der Waals surface area contributed by atoms with Gasteiger partial charge in [-0.3, -0.25) is 0 Å². The van der Waals surface area contributed by atoms with E-state index in [1.807, 2.05) is 0 Å². The Bertz CT molecular complexity index is 413. The van der Waals surface area contributed by atoms with Crippen molar-refractivity contribution >= 4 is 5.69 Å². The van der Waals surface area contributed by atoms with Gasteiger partial charge in [-0.25, -0.2) is 0 Å². The summed E-state index contributed by atoms with van der Waals surface area (Å²) in [6, 6.07) is 8.16. The van der Waals surface area contributed by atoms with Crippen LogP contribution in [0.4, 0.5) is 5.69 Å². The molecule has 0 unspecified atom stereocenters. The highest BCUT2D eigenvalue weighted by Gasteiger charge is 2.35. The molecule has 0 radical (unpaired) electrons. The molecule has 1 aliphatic heterocycles. The van der Waals surface area contributed by atoms with Crippen LogP contribution in [0.3, 0.4) is 0 Å². The third kappa shape index (κ3) is 1.85. The number of nitrogens with one attached hydrogen (secondary N) is 1. The van der Waals surface area contributed by atoms with E-state index in [1.54, 1.807) is 0 Å². The summed E-state index contributed by atoms with van der Waals surface area (Å²) in [5.41, 5.74) is 4.33. The number of rotatable bonds is 1. The number of fused-ring (bicyclic) bond motifs is 1. The van der Waals surface area contributed by atoms with E-state index in [1.165, 1.54) is 36.1 Å². The van der Waals surface area contributed by atoms with Crippen molar-refractivity contribution in [1.82, 2.24) is 5.32 Å². The summed E-state index contributed by atoms with van der Waals surface area (Å²) in [6.07, 6.45) is 4.08. The molecule has 1 N–H and O–H groups in total. The monoisotopic (exact) mass is 230 g/mol. The molecular weight excluding hydrogens is 208 g/mol. The Kier molecular flexibility index (Phi) is 2.83. The number of hydrogen-bond acceptors (Lipinski definition) is 2. The topological polar surface area (TPSA) is 15.3 Å². The molecule has 1 saturated carbocycles. The van der Waals surface area contributed by atoms with Gasteiger partial charge in [0.05, 0.1) is 0 Å². The van der Waals surface area contributed by atoms with Crippen molar-refractivity contribution in [1.29, 1.82) is 0 Å². The van der Waals surface area contributed by atoms with Crippen LogP contribution in [0.1, 0.15) is 30.4 Å². The first-order valence-electron chi connectivity index (χ1n) is 6.83. The molecule has 1 aromatic rings. The first-order chi connectivity index (χ1) is 8.27. The maximum Gasteiger partial charge on any atom is 0.0443 e. The summed E-state index contributed by atoms with van der Waals surface area (Å²) in [4.78, 5) is 2.65. The number of hydrogen-bond donors (Lipinski definition) is 1. The van der Waals surface area contributed by atoms with Gasteiger partial charge in [0.15, 0.2) is 0 Å². The molecule has 0 amide bonds. The van der Waals surface area contributed by atoms with Crippen LogP contribution in [0.5, 0.6) is 0 Å². The maximum absolute atomic E-state index is 3.67. The summed E-state index contributed by atoms with van der Waals surface area (Å²) >= 11 is 0. The molecule has 2 atom stereocenters. The third-order valence-electron chi connectivity index (χ3n) is 4.52. The van der Waals surface area contributed by atoms with Gasteiger partial charge in [-0.2, -0.15) is 0 Å². The fourth-order valence-corrected chi connectivity index (χ4v) is 3.43. The lowest BCUT2D eigenvalue weighted by atomic mass is 10.0. The second-order valence-corrected chi connectivity index (χ2v) is 5.47. The predicted molar refractivity (Wildman–Crippen MR) is 72.7 cm³/mol. The maximum atomic E-state index is 3.67. The summed E-state index contributed by atoms with van der Waals surface area (Å²) in [7, 11) is 0. The second-order valence-electron chi connectivity index (χ2n) is 5.47. The zero-order chi connectivity index (χ0) is 11.8. The molecule has 17 heavy (non-hydrogen) atoms. The first kappa shape index (κ1) is 11.1. The van der Waals surface area contributed by atoms with Gasteiger partial charge in [-0.1, -0.05) is 12.1 Å². The average Bonchev–Trinajstić information content (AvgIpc) is 2.81. The van der Waals surface area contributed by atoms with E-state index < -0.39 is 0 Å². The Balaban J connectivity index is 1.94. The lowest BCUT2D eigenvalue weighted by Gasteiger charge is -2.41. The number of anilines is 1. The summed E-state index contributed by atoms with van der Waals surface area (Å²) in [5.74, 6) is 0.